The molecule has 0 saturated heterocycles. The van der Waals surface area contributed by atoms with Crippen LogP contribution in [0.4, 0.5) is 0 Å². The molecule has 56 heavy (non-hydrogen) atoms. The van der Waals surface area contributed by atoms with Gasteiger partial charge >= 0.3 is 0 Å². The maximum absolute atomic E-state index is 4.99. The number of aromatic nitrogens is 5. The van der Waals surface area contributed by atoms with Crippen molar-refractivity contribution < 1.29 is 0 Å². The van der Waals surface area contributed by atoms with Gasteiger partial charge in [-0.15, -0.1) is 0 Å². The quantitative estimate of drug-likeness (QED) is 0.172. The van der Waals surface area contributed by atoms with Gasteiger partial charge in [-0.25, -0.2) is 15.0 Å². The normalized spacial score (nSPS) is 11.6. The summed E-state index contributed by atoms with van der Waals surface area (Å²) in [5, 5.41) is 4.92. The largest absolute Gasteiger partial charge is 0.309 e. The zero-order valence-corrected chi connectivity index (χ0v) is 30.3. The molecule has 0 aliphatic carbocycles. The molecular weight excluding hydrogens is 683 g/mol. The van der Waals surface area contributed by atoms with Gasteiger partial charge in [0.15, 0.2) is 17.5 Å². The number of para-hydroxylation sites is 3. The lowest BCUT2D eigenvalue weighted by atomic mass is 10.0. The fraction of sp³-hybridized carbons (Fsp3) is 0. The van der Waals surface area contributed by atoms with Crippen molar-refractivity contribution in [3.05, 3.63) is 200 Å². The summed E-state index contributed by atoms with van der Waals surface area (Å²) >= 11 is 0. The van der Waals surface area contributed by atoms with Gasteiger partial charge in [-0.2, -0.15) is 0 Å². The van der Waals surface area contributed by atoms with E-state index in [-0.39, 0.29) is 0 Å². The van der Waals surface area contributed by atoms with Crippen LogP contribution in [0.2, 0.25) is 0 Å². The van der Waals surface area contributed by atoms with Crippen LogP contribution in [-0.4, -0.2) is 24.1 Å². The van der Waals surface area contributed by atoms with Crippen molar-refractivity contribution in [2.75, 3.05) is 0 Å². The van der Waals surface area contributed by atoms with Crippen molar-refractivity contribution >= 4 is 43.6 Å². The van der Waals surface area contributed by atoms with Gasteiger partial charge in [-0.3, -0.25) is 0 Å². The summed E-state index contributed by atoms with van der Waals surface area (Å²) in [6, 6.07) is 70.5. The Bertz CT molecular complexity index is 3140. The third-order valence-electron chi connectivity index (χ3n) is 10.8. The van der Waals surface area contributed by atoms with Crippen molar-refractivity contribution in [1.82, 2.24) is 24.1 Å². The minimum Gasteiger partial charge on any atom is -0.309 e. The Kier molecular flexibility index (Phi) is 7.42. The van der Waals surface area contributed by atoms with E-state index < -0.39 is 0 Å². The van der Waals surface area contributed by atoms with Gasteiger partial charge in [-0.1, -0.05) is 146 Å². The van der Waals surface area contributed by atoms with Crippen LogP contribution in [0.5, 0.6) is 0 Å². The fourth-order valence-corrected chi connectivity index (χ4v) is 8.18. The summed E-state index contributed by atoms with van der Waals surface area (Å²) in [6.07, 6.45) is 0. The fourth-order valence-electron chi connectivity index (χ4n) is 8.18. The second-order valence-electron chi connectivity index (χ2n) is 14.1. The Hall–Kier alpha value is -7.63. The summed E-state index contributed by atoms with van der Waals surface area (Å²) in [6.45, 7) is 0. The molecule has 5 heteroatoms. The van der Waals surface area contributed by atoms with Crippen LogP contribution in [-0.2, 0) is 0 Å². The molecule has 5 nitrogen and oxygen atoms in total. The van der Waals surface area contributed by atoms with E-state index in [1.165, 1.54) is 38.1 Å². The van der Waals surface area contributed by atoms with Gasteiger partial charge < -0.3 is 9.13 Å². The van der Waals surface area contributed by atoms with E-state index in [4.69, 9.17) is 15.0 Å². The highest BCUT2D eigenvalue weighted by Gasteiger charge is 2.17. The van der Waals surface area contributed by atoms with Crippen LogP contribution >= 0.6 is 0 Å². The Labute approximate surface area is 323 Å². The van der Waals surface area contributed by atoms with E-state index in [1.807, 2.05) is 60.7 Å². The molecule has 0 N–H and O–H groups in total. The smallest absolute Gasteiger partial charge is 0.164 e. The summed E-state index contributed by atoms with van der Waals surface area (Å²) in [7, 11) is 0. The van der Waals surface area contributed by atoms with Crippen LogP contribution in [0.3, 0.4) is 0 Å². The topological polar surface area (TPSA) is 48.5 Å². The molecule has 262 valence electrons. The Morgan fingerprint density at radius 2 is 0.643 bits per heavy atom. The summed E-state index contributed by atoms with van der Waals surface area (Å²) in [5.74, 6) is 1.94. The lowest BCUT2D eigenvalue weighted by Gasteiger charge is -2.13. The number of hydrogen-bond acceptors (Lipinski definition) is 3. The standard InChI is InChI=1S/C51H33N5/c1-3-15-34(16-4-1)49-52-50(35-17-5-2-6-18-35)54-51(53-49)38-20-13-19-36(31-38)37-29-30-48-44(32-37)43-25-9-12-28-47(43)56(48)40-22-14-21-39(33-40)55-45-26-10-7-23-41(45)42-24-8-11-27-46(42)55/h1-33H. The van der Waals surface area contributed by atoms with Gasteiger partial charge in [0, 0.05) is 49.6 Å². The predicted molar refractivity (Wildman–Crippen MR) is 230 cm³/mol. The van der Waals surface area contributed by atoms with Gasteiger partial charge in [-0.05, 0) is 65.7 Å². The molecule has 0 radical (unpaired) electrons. The van der Waals surface area contributed by atoms with Gasteiger partial charge in [0.25, 0.3) is 0 Å². The van der Waals surface area contributed by atoms with E-state index in [9.17, 15) is 0 Å². The van der Waals surface area contributed by atoms with E-state index in [0.29, 0.717) is 17.5 Å². The van der Waals surface area contributed by atoms with Gasteiger partial charge in [0.05, 0.1) is 22.1 Å². The number of hydrogen-bond donors (Lipinski definition) is 0. The second-order valence-corrected chi connectivity index (χ2v) is 14.1. The molecule has 11 aromatic rings. The number of rotatable bonds is 6. The lowest BCUT2D eigenvalue weighted by molar-refractivity contribution is 1.07. The molecular formula is C51H33N5. The van der Waals surface area contributed by atoms with Crippen molar-refractivity contribution in [1.29, 1.82) is 0 Å². The molecule has 11 rings (SSSR count). The van der Waals surface area contributed by atoms with E-state index in [1.54, 1.807) is 0 Å². The molecule has 0 fully saturated rings. The molecule has 0 bridgehead atoms. The monoisotopic (exact) mass is 715 g/mol. The summed E-state index contributed by atoms with van der Waals surface area (Å²) in [4.78, 5) is 14.9. The third-order valence-corrected chi connectivity index (χ3v) is 10.8. The van der Waals surface area contributed by atoms with Crippen LogP contribution in [0.1, 0.15) is 0 Å². The molecule has 0 saturated carbocycles. The van der Waals surface area contributed by atoms with Crippen molar-refractivity contribution in [3.63, 3.8) is 0 Å². The van der Waals surface area contributed by atoms with Crippen molar-refractivity contribution in [2.24, 2.45) is 0 Å². The van der Waals surface area contributed by atoms with Crippen LogP contribution in [0.15, 0.2) is 200 Å². The first-order valence-corrected chi connectivity index (χ1v) is 18.9. The van der Waals surface area contributed by atoms with Crippen LogP contribution in [0, 0.1) is 0 Å². The maximum atomic E-state index is 4.99. The molecule has 0 unspecified atom stereocenters. The predicted octanol–water partition coefficient (Wildman–Crippen LogP) is 12.7. The van der Waals surface area contributed by atoms with E-state index >= 15 is 0 Å². The van der Waals surface area contributed by atoms with Crippen molar-refractivity contribution in [2.45, 2.75) is 0 Å². The average molecular weight is 716 g/mol. The Morgan fingerprint density at radius 1 is 0.250 bits per heavy atom. The van der Waals surface area contributed by atoms with Crippen LogP contribution in [0.25, 0.3) is 100 Å². The molecule has 0 aliphatic rings. The molecule has 8 aromatic carbocycles. The molecule has 0 aliphatic heterocycles. The second kappa shape index (κ2) is 13.0. The summed E-state index contributed by atoms with van der Waals surface area (Å²) in [5.41, 5.74) is 12.0. The molecule has 0 atom stereocenters. The highest BCUT2D eigenvalue weighted by Crippen LogP contribution is 2.38. The zero-order chi connectivity index (χ0) is 37.0. The maximum Gasteiger partial charge on any atom is 0.164 e. The molecule has 3 aromatic heterocycles. The SMILES string of the molecule is c1ccc(-c2nc(-c3ccccc3)nc(-c3cccc(-c4ccc5c(c4)c4ccccc4n5-c4cccc(-n5c6ccccc6c6ccccc65)c4)c3)n2)cc1. The molecule has 0 amide bonds. The highest BCUT2D eigenvalue weighted by molar-refractivity contribution is 6.11. The van der Waals surface area contributed by atoms with Gasteiger partial charge in [0.2, 0.25) is 0 Å². The minimum atomic E-state index is 0.639. The summed E-state index contributed by atoms with van der Waals surface area (Å²) < 4.78 is 4.77. The van der Waals surface area contributed by atoms with E-state index in [0.717, 1.165) is 44.7 Å². The third kappa shape index (κ3) is 5.29. The average Bonchev–Trinajstić information content (AvgIpc) is 3.80. The first-order valence-electron chi connectivity index (χ1n) is 18.9. The minimum absolute atomic E-state index is 0.639. The van der Waals surface area contributed by atoms with E-state index in [2.05, 4.69) is 149 Å². The number of benzene rings is 8. The first-order chi connectivity index (χ1) is 27.8. The Morgan fingerprint density at radius 3 is 1.20 bits per heavy atom. The molecule has 0 spiro atoms. The lowest BCUT2D eigenvalue weighted by Crippen LogP contribution is -2.00. The van der Waals surface area contributed by atoms with Crippen LogP contribution < -0.4 is 0 Å². The van der Waals surface area contributed by atoms with Gasteiger partial charge in [0.1, 0.15) is 0 Å². The number of fused-ring (bicyclic) bond motifs is 6. The Balaban J connectivity index is 1.03. The highest BCUT2D eigenvalue weighted by atomic mass is 15.0. The number of nitrogens with zero attached hydrogens (tertiary/aromatic N) is 5. The molecule has 3 heterocycles. The first kappa shape index (κ1) is 31.9. The zero-order valence-electron chi connectivity index (χ0n) is 30.3. The van der Waals surface area contributed by atoms with Crippen molar-refractivity contribution in [3.8, 4) is 56.7 Å².